The largest absolute Gasteiger partial charge is 0.352 e. The molecule has 144 valence electrons. The lowest BCUT2D eigenvalue weighted by atomic mass is 9.99. The van der Waals surface area contributed by atoms with Gasteiger partial charge in [-0.25, -0.2) is 0 Å². The predicted octanol–water partition coefficient (Wildman–Crippen LogP) is 2.64. The number of nitrogens with one attached hydrogen (secondary N) is 3. The molecule has 5 nitrogen and oxygen atoms in total. The number of piperidine rings is 1. The van der Waals surface area contributed by atoms with E-state index in [1.165, 1.54) is 25.7 Å². The lowest BCUT2D eigenvalue weighted by molar-refractivity contribution is -0.124. The molecule has 3 N–H and O–H groups in total. The van der Waals surface area contributed by atoms with E-state index in [4.69, 9.17) is 0 Å². The predicted molar refractivity (Wildman–Crippen MR) is 105 cm³/mol. The van der Waals surface area contributed by atoms with Gasteiger partial charge in [0.15, 0.2) is 0 Å². The quantitative estimate of drug-likeness (QED) is 0.711. The molecule has 1 heterocycles. The van der Waals surface area contributed by atoms with E-state index in [-0.39, 0.29) is 30.1 Å². The first kappa shape index (κ1) is 20.7. The average molecular weight is 380 g/mol. The van der Waals surface area contributed by atoms with E-state index < -0.39 is 0 Å². The normalized spacial score (nSPS) is 20.2. The van der Waals surface area contributed by atoms with Crippen molar-refractivity contribution in [3.8, 4) is 0 Å². The van der Waals surface area contributed by atoms with E-state index in [0.717, 1.165) is 38.0 Å². The smallest absolute Gasteiger partial charge is 0.251 e. The summed E-state index contributed by atoms with van der Waals surface area (Å²) in [6.07, 6.45) is 6.72. The second-order valence-electron chi connectivity index (χ2n) is 7.32. The third-order valence-corrected chi connectivity index (χ3v) is 5.36. The summed E-state index contributed by atoms with van der Waals surface area (Å²) >= 11 is 0. The third-order valence-electron chi connectivity index (χ3n) is 5.36. The molecule has 2 aliphatic rings. The van der Waals surface area contributed by atoms with Crippen molar-refractivity contribution in [1.82, 2.24) is 16.0 Å². The van der Waals surface area contributed by atoms with Crippen LogP contribution in [0.2, 0.25) is 0 Å². The summed E-state index contributed by atoms with van der Waals surface area (Å²) < 4.78 is 0. The van der Waals surface area contributed by atoms with Crippen LogP contribution in [0.5, 0.6) is 0 Å². The first-order valence-corrected chi connectivity index (χ1v) is 9.58. The van der Waals surface area contributed by atoms with Crippen LogP contribution in [0.25, 0.3) is 0 Å². The Bertz CT molecular complexity index is 579. The molecular formula is C20H30ClN3O2. The maximum atomic E-state index is 12.2. The Morgan fingerprint density at radius 2 is 1.73 bits per heavy atom. The van der Waals surface area contributed by atoms with E-state index in [0.29, 0.717) is 18.0 Å². The van der Waals surface area contributed by atoms with Crippen LogP contribution in [0.3, 0.4) is 0 Å². The zero-order valence-corrected chi connectivity index (χ0v) is 16.1. The van der Waals surface area contributed by atoms with E-state index in [1.54, 1.807) is 0 Å². The lowest BCUT2D eigenvalue weighted by Gasteiger charge is -2.22. The Labute approximate surface area is 162 Å². The molecule has 0 spiro atoms. The number of carbonyl (C=O) groups is 2. The third kappa shape index (κ3) is 5.99. The van der Waals surface area contributed by atoms with Gasteiger partial charge >= 0.3 is 0 Å². The van der Waals surface area contributed by atoms with Crippen molar-refractivity contribution >= 4 is 24.2 Å². The molecular weight excluding hydrogens is 350 g/mol. The molecule has 26 heavy (non-hydrogen) atoms. The minimum atomic E-state index is -0.0212. The van der Waals surface area contributed by atoms with Crippen LogP contribution in [0.1, 0.15) is 54.4 Å². The summed E-state index contributed by atoms with van der Waals surface area (Å²) in [5.41, 5.74) is 1.70. The average Bonchev–Trinajstić information content (AvgIpc) is 3.20. The van der Waals surface area contributed by atoms with Gasteiger partial charge in [-0.2, -0.15) is 0 Å². The second-order valence-corrected chi connectivity index (χ2v) is 7.32. The first-order chi connectivity index (χ1) is 12.2. The minimum absolute atomic E-state index is 0. The fourth-order valence-electron chi connectivity index (χ4n) is 3.73. The fourth-order valence-corrected chi connectivity index (χ4v) is 3.73. The molecule has 0 radical (unpaired) electrons. The van der Waals surface area contributed by atoms with Gasteiger partial charge in [-0.15, -0.1) is 12.4 Å². The summed E-state index contributed by atoms with van der Waals surface area (Å²) in [4.78, 5) is 24.3. The minimum Gasteiger partial charge on any atom is -0.352 e. The molecule has 1 atom stereocenters. The SMILES string of the molecule is Cl.O=C(NCC1CCCNC1)c1ccc(CNC(=O)C2CCCC2)cc1. The first-order valence-electron chi connectivity index (χ1n) is 9.58. The van der Waals surface area contributed by atoms with Gasteiger partial charge in [-0.3, -0.25) is 9.59 Å². The summed E-state index contributed by atoms with van der Waals surface area (Å²) in [6.45, 7) is 3.33. The van der Waals surface area contributed by atoms with Gasteiger partial charge < -0.3 is 16.0 Å². The molecule has 1 aromatic rings. The van der Waals surface area contributed by atoms with Gasteiger partial charge in [0.1, 0.15) is 0 Å². The molecule has 1 saturated carbocycles. The maximum absolute atomic E-state index is 12.2. The molecule has 1 saturated heterocycles. The molecule has 1 aromatic carbocycles. The lowest BCUT2D eigenvalue weighted by Crippen LogP contribution is -2.38. The molecule has 0 aromatic heterocycles. The Morgan fingerprint density at radius 3 is 2.38 bits per heavy atom. The molecule has 3 rings (SSSR count). The number of halogens is 1. The van der Waals surface area contributed by atoms with Gasteiger partial charge in [-0.1, -0.05) is 25.0 Å². The van der Waals surface area contributed by atoms with Gasteiger partial charge in [0.2, 0.25) is 5.91 Å². The molecule has 1 aliphatic heterocycles. The number of carbonyl (C=O) groups excluding carboxylic acids is 2. The summed E-state index contributed by atoms with van der Waals surface area (Å²) in [5, 5.41) is 9.40. The highest BCUT2D eigenvalue weighted by molar-refractivity contribution is 5.94. The van der Waals surface area contributed by atoms with Crippen molar-refractivity contribution < 1.29 is 9.59 Å². The molecule has 0 bridgehead atoms. The van der Waals surface area contributed by atoms with Crippen LogP contribution in [0, 0.1) is 11.8 Å². The number of benzene rings is 1. The van der Waals surface area contributed by atoms with Crippen LogP contribution >= 0.6 is 12.4 Å². The van der Waals surface area contributed by atoms with E-state index in [9.17, 15) is 9.59 Å². The van der Waals surface area contributed by atoms with Crippen molar-refractivity contribution in [2.75, 3.05) is 19.6 Å². The second kappa shape index (κ2) is 10.5. The Balaban J connectivity index is 0.00000243. The van der Waals surface area contributed by atoms with E-state index in [1.807, 2.05) is 24.3 Å². The van der Waals surface area contributed by atoms with Gasteiger partial charge in [0.05, 0.1) is 0 Å². The summed E-state index contributed by atoms with van der Waals surface area (Å²) in [5.74, 6) is 0.870. The summed E-state index contributed by atoms with van der Waals surface area (Å²) in [6, 6.07) is 7.52. The standard InChI is InChI=1S/C20H29N3O2.ClH/c24-19(17-5-1-2-6-17)22-13-15-7-9-18(10-8-15)20(25)23-14-16-4-3-11-21-12-16;/h7-10,16-17,21H,1-6,11-14H2,(H,22,24)(H,23,25);1H. The molecule has 1 aliphatic carbocycles. The highest BCUT2D eigenvalue weighted by atomic mass is 35.5. The summed E-state index contributed by atoms with van der Waals surface area (Å²) in [7, 11) is 0. The Hall–Kier alpha value is -1.59. The molecule has 2 amide bonds. The molecule has 2 fully saturated rings. The highest BCUT2D eigenvalue weighted by Gasteiger charge is 2.22. The number of hydrogen-bond acceptors (Lipinski definition) is 3. The van der Waals surface area contributed by atoms with E-state index in [2.05, 4.69) is 16.0 Å². The zero-order valence-electron chi connectivity index (χ0n) is 15.3. The Kier molecular flexibility index (Phi) is 8.39. The number of hydrogen-bond donors (Lipinski definition) is 3. The van der Waals surface area contributed by atoms with Gasteiger partial charge in [0, 0.05) is 24.6 Å². The van der Waals surface area contributed by atoms with Crippen LogP contribution in [-0.4, -0.2) is 31.4 Å². The van der Waals surface area contributed by atoms with Crippen LogP contribution in [-0.2, 0) is 11.3 Å². The van der Waals surface area contributed by atoms with Crippen molar-refractivity contribution in [3.05, 3.63) is 35.4 Å². The maximum Gasteiger partial charge on any atom is 0.251 e. The van der Waals surface area contributed by atoms with Crippen LogP contribution < -0.4 is 16.0 Å². The topological polar surface area (TPSA) is 70.2 Å². The monoisotopic (exact) mass is 379 g/mol. The molecule has 1 unspecified atom stereocenters. The Morgan fingerprint density at radius 1 is 1.00 bits per heavy atom. The van der Waals surface area contributed by atoms with Gasteiger partial charge in [-0.05, 0) is 62.4 Å². The molecule has 6 heteroatoms. The number of rotatable bonds is 6. The van der Waals surface area contributed by atoms with Crippen LogP contribution in [0.15, 0.2) is 24.3 Å². The number of amides is 2. The fraction of sp³-hybridized carbons (Fsp3) is 0.600. The van der Waals surface area contributed by atoms with Crippen molar-refractivity contribution in [3.63, 3.8) is 0 Å². The van der Waals surface area contributed by atoms with Gasteiger partial charge in [0.25, 0.3) is 5.91 Å². The highest BCUT2D eigenvalue weighted by Crippen LogP contribution is 2.24. The van der Waals surface area contributed by atoms with Crippen molar-refractivity contribution in [2.45, 2.75) is 45.1 Å². The zero-order chi connectivity index (χ0) is 17.5. The van der Waals surface area contributed by atoms with Crippen molar-refractivity contribution in [2.24, 2.45) is 11.8 Å². The van der Waals surface area contributed by atoms with E-state index >= 15 is 0 Å². The van der Waals surface area contributed by atoms with Crippen LogP contribution in [0.4, 0.5) is 0 Å². The van der Waals surface area contributed by atoms with Crippen molar-refractivity contribution in [1.29, 1.82) is 0 Å².